The van der Waals surface area contributed by atoms with Crippen LogP contribution < -0.4 is 10.6 Å². The summed E-state index contributed by atoms with van der Waals surface area (Å²) in [4.78, 5) is 49.1. The van der Waals surface area contributed by atoms with E-state index in [1.807, 2.05) is 42.5 Å². The standard InChI is InChI=1S/C41H53N5O4/c1-39(2,3)41(37-43-33(30-20-13-9-14-21-30)28-46(37)27-29-18-11-8-12-19-29)35(36(48)31-22-15-10-16-23-31)32(44-41)24-17-25-45(7)34(47)26-42-38(49)50-40(4,5)6/h8-16,18-23,32-33,35,44H,17,24-28H2,1-7H3,(H,42,49)/t32?,33?,35?,41-/m1/s1. The van der Waals surface area contributed by atoms with E-state index in [1.54, 1.807) is 32.7 Å². The summed E-state index contributed by atoms with van der Waals surface area (Å²) < 4.78 is 5.26. The zero-order valence-electron chi connectivity index (χ0n) is 30.6. The fraction of sp³-hybridized carbons (Fsp3) is 0.463. The topological polar surface area (TPSA) is 103 Å². The van der Waals surface area contributed by atoms with Gasteiger partial charge in [0.15, 0.2) is 5.78 Å². The van der Waals surface area contributed by atoms with Gasteiger partial charge in [-0.25, -0.2) is 4.79 Å². The summed E-state index contributed by atoms with van der Waals surface area (Å²) in [6.07, 6.45) is 0.744. The van der Waals surface area contributed by atoms with Crippen molar-refractivity contribution in [3.05, 3.63) is 108 Å². The predicted molar refractivity (Wildman–Crippen MR) is 198 cm³/mol. The molecule has 2 aliphatic rings. The average molecular weight is 680 g/mol. The van der Waals surface area contributed by atoms with Crippen molar-refractivity contribution in [3.63, 3.8) is 0 Å². The van der Waals surface area contributed by atoms with Gasteiger partial charge in [0, 0.05) is 38.3 Å². The summed E-state index contributed by atoms with van der Waals surface area (Å²) >= 11 is 0. The minimum absolute atomic E-state index is 0.0589. The van der Waals surface area contributed by atoms with Gasteiger partial charge in [0.05, 0.1) is 17.5 Å². The lowest BCUT2D eigenvalue weighted by atomic mass is 9.54. The molecule has 1 fully saturated rings. The van der Waals surface area contributed by atoms with Crippen molar-refractivity contribution in [1.82, 2.24) is 20.4 Å². The van der Waals surface area contributed by atoms with Gasteiger partial charge < -0.3 is 25.2 Å². The van der Waals surface area contributed by atoms with E-state index in [4.69, 9.17) is 9.73 Å². The molecule has 3 aromatic carbocycles. The van der Waals surface area contributed by atoms with E-state index in [2.05, 4.69) is 84.8 Å². The lowest BCUT2D eigenvalue weighted by Gasteiger charge is -2.62. The highest BCUT2D eigenvalue weighted by Crippen LogP contribution is 2.51. The lowest BCUT2D eigenvalue weighted by Crippen LogP contribution is -2.83. The van der Waals surface area contributed by atoms with E-state index in [0.29, 0.717) is 31.5 Å². The first-order valence-electron chi connectivity index (χ1n) is 17.7. The number of carbonyl (C=O) groups is 3. The van der Waals surface area contributed by atoms with Crippen molar-refractivity contribution in [2.24, 2.45) is 16.3 Å². The molecule has 4 atom stereocenters. The molecular weight excluding hydrogens is 626 g/mol. The molecule has 5 rings (SSSR count). The Morgan fingerprint density at radius 3 is 2.12 bits per heavy atom. The number of aliphatic imine (C=N–C) groups is 1. The number of likely N-dealkylation sites (N-methyl/N-ethyl adjacent to an activating group) is 1. The number of hydrogen-bond donors (Lipinski definition) is 2. The van der Waals surface area contributed by atoms with Crippen LogP contribution in [0.25, 0.3) is 0 Å². The molecule has 9 nitrogen and oxygen atoms in total. The van der Waals surface area contributed by atoms with Crippen molar-refractivity contribution < 1.29 is 19.1 Å². The fourth-order valence-corrected chi connectivity index (χ4v) is 7.28. The van der Waals surface area contributed by atoms with Gasteiger partial charge in [-0.2, -0.15) is 0 Å². The Balaban J connectivity index is 1.41. The Morgan fingerprint density at radius 2 is 1.52 bits per heavy atom. The maximum Gasteiger partial charge on any atom is 0.408 e. The first-order chi connectivity index (χ1) is 23.7. The third kappa shape index (κ3) is 8.27. The summed E-state index contributed by atoms with van der Waals surface area (Å²) in [7, 11) is 1.73. The minimum atomic E-state index is -0.734. The van der Waals surface area contributed by atoms with E-state index in [1.165, 1.54) is 5.56 Å². The number of rotatable bonds is 12. The van der Waals surface area contributed by atoms with Gasteiger partial charge in [-0.3, -0.25) is 14.6 Å². The zero-order valence-corrected chi connectivity index (χ0v) is 30.6. The molecule has 3 aromatic rings. The van der Waals surface area contributed by atoms with Crippen LogP contribution in [0.2, 0.25) is 0 Å². The number of Topliss-reactive ketones (excluding diaryl/α,β-unsaturated/α-hetero) is 1. The summed E-state index contributed by atoms with van der Waals surface area (Å²) in [5.74, 6) is 0.433. The molecule has 0 saturated carbocycles. The molecule has 2 heterocycles. The largest absolute Gasteiger partial charge is 0.444 e. The van der Waals surface area contributed by atoms with Crippen molar-refractivity contribution in [2.75, 3.05) is 26.7 Å². The van der Waals surface area contributed by atoms with Gasteiger partial charge in [-0.1, -0.05) is 112 Å². The van der Waals surface area contributed by atoms with E-state index in [9.17, 15) is 14.4 Å². The van der Waals surface area contributed by atoms with Gasteiger partial charge in [-0.05, 0) is 50.2 Å². The number of hydrogen-bond acceptors (Lipinski definition) is 7. The molecule has 3 unspecified atom stereocenters. The number of carbonyl (C=O) groups excluding carboxylic acids is 3. The molecule has 0 spiro atoms. The molecule has 0 aromatic heterocycles. The van der Waals surface area contributed by atoms with Crippen LogP contribution in [-0.2, 0) is 16.1 Å². The number of nitrogens with one attached hydrogen (secondary N) is 2. The summed E-state index contributed by atoms with van der Waals surface area (Å²) in [5, 5.41) is 6.51. The van der Waals surface area contributed by atoms with Crippen molar-refractivity contribution in [2.45, 2.75) is 84.2 Å². The van der Waals surface area contributed by atoms with Crippen LogP contribution in [0.1, 0.15) is 81.9 Å². The van der Waals surface area contributed by atoms with Crippen LogP contribution in [0.4, 0.5) is 4.79 Å². The normalized spacial score (nSPS) is 21.9. The Kier molecular flexibility index (Phi) is 11.2. The number of nitrogens with zero attached hydrogens (tertiary/aromatic N) is 3. The van der Waals surface area contributed by atoms with Crippen LogP contribution >= 0.6 is 0 Å². The van der Waals surface area contributed by atoms with Crippen molar-refractivity contribution in [1.29, 1.82) is 0 Å². The Morgan fingerprint density at radius 1 is 0.920 bits per heavy atom. The smallest absolute Gasteiger partial charge is 0.408 e. The molecule has 0 bridgehead atoms. The molecule has 0 aliphatic carbocycles. The van der Waals surface area contributed by atoms with E-state index < -0.39 is 17.2 Å². The van der Waals surface area contributed by atoms with Crippen LogP contribution in [0.3, 0.4) is 0 Å². The molecular formula is C41H53N5O4. The van der Waals surface area contributed by atoms with Gasteiger partial charge in [0.25, 0.3) is 0 Å². The molecule has 1 saturated heterocycles. The van der Waals surface area contributed by atoms with Gasteiger partial charge >= 0.3 is 6.09 Å². The molecule has 9 heteroatoms. The van der Waals surface area contributed by atoms with Crippen LogP contribution in [0.5, 0.6) is 0 Å². The summed E-state index contributed by atoms with van der Waals surface area (Å²) in [6, 6.07) is 30.2. The van der Waals surface area contributed by atoms with Gasteiger partial charge in [0.2, 0.25) is 5.91 Å². The third-order valence-electron chi connectivity index (χ3n) is 9.75. The highest BCUT2D eigenvalue weighted by atomic mass is 16.6. The predicted octanol–water partition coefficient (Wildman–Crippen LogP) is 6.66. The Labute approximate surface area is 297 Å². The lowest BCUT2D eigenvalue weighted by molar-refractivity contribution is -0.129. The Bertz CT molecular complexity index is 1650. The highest BCUT2D eigenvalue weighted by molar-refractivity contribution is 6.07. The number of amides is 2. The van der Waals surface area contributed by atoms with E-state index in [-0.39, 0.29) is 41.7 Å². The van der Waals surface area contributed by atoms with Gasteiger partial charge in [-0.15, -0.1) is 0 Å². The molecule has 0 radical (unpaired) electrons. The van der Waals surface area contributed by atoms with Crippen molar-refractivity contribution in [3.8, 4) is 0 Å². The number of benzene rings is 3. The fourth-order valence-electron chi connectivity index (χ4n) is 7.28. The summed E-state index contributed by atoms with van der Waals surface area (Å²) in [6.45, 7) is 13.7. The number of alkyl carbamates (subject to hydrolysis) is 1. The third-order valence-corrected chi connectivity index (χ3v) is 9.75. The van der Waals surface area contributed by atoms with Crippen molar-refractivity contribution >= 4 is 23.6 Å². The second-order valence-electron chi connectivity index (χ2n) is 15.6. The van der Waals surface area contributed by atoms with E-state index >= 15 is 0 Å². The first kappa shape index (κ1) is 36.8. The second-order valence-corrected chi connectivity index (χ2v) is 15.6. The monoisotopic (exact) mass is 679 g/mol. The Hall–Kier alpha value is -4.50. The molecule has 2 N–H and O–H groups in total. The minimum Gasteiger partial charge on any atom is -0.444 e. The number of ether oxygens (including phenoxy) is 1. The quantitative estimate of drug-likeness (QED) is 0.208. The van der Waals surface area contributed by atoms with E-state index in [0.717, 1.165) is 17.9 Å². The summed E-state index contributed by atoms with van der Waals surface area (Å²) in [5.41, 5.74) is 1.27. The molecule has 2 aliphatic heterocycles. The maximum atomic E-state index is 14.7. The average Bonchev–Trinajstić information content (AvgIpc) is 3.47. The first-order valence-corrected chi connectivity index (χ1v) is 17.7. The molecule has 2 amide bonds. The molecule has 50 heavy (non-hydrogen) atoms. The van der Waals surface area contributed by atoms with Crippen LogP contribution in [0.15, 0.2) is 96.0 Å². The second kappa shape index (κ2) is 15.2. The molecule has 266 valence electrons. The van der Waals surface area contributed by atoms with Crippen LogP contribution in [-0.4, -0.2) is 77.3 Å². The SMILES string of the molecule is CN(CCCC1N[C@](C2=NC(c3ccccc3)CN2Cc2ccccc2)(C(C)(C)C)C1C(=O)c1ccccc1)C(=O)CNC(=O)OC(C)(C)C. The number of ketones is 1. The van der Waals surface area contributed by atoms with Crippen LogP contribution in [0, 0.1) is 11.3 Å². The van der Waals surface area contributed by atoms with Gasteiger partial charge in [0.1, 0.15) is 18.0 Å². The highest BCUT2D eigenvalue weighted by Gasteiger charge is 2.66. The maximum absolute atomic E-state index is 14.7. The zero-order chi connectivity index (χ0) is 36.1. The number of amidine groups is 1.